The van der Waals surface area contributed by atoms with Crippen LogP contribution in [0, 0.1) is 0 Å². The van der Waals surface area contributed by atoms with Gasteiger partial charge in [0, 0.05) is 38.8 Å². The highest BCUT2D eigenvalue weighted by molar-refractivity contribution is 5.86. The van der Waals surface area contributed by atoms with Crippen molar-refractivity contribution in [2.45, 2.75) is 56.6 Å². The molecule has 0 bridgehead atoms. The number of benzene rings is 1. The van der Waals surface area contributed by atoms with Crippen molar-refractivity contribution in [3.8, 4) is 0 Å². The van der Waals surface area contributed by atoms with E-state index in [-0.39, 0.29) is 18.4 Å². The maximum absolute atomic E-state index is 13.1. The second kappa shape index (κ2) is 8.84. The molecule has 29 heavy (non-hydrogen) atoms. The minimum atomic E-state index is -1.37. The Morgan fingerprint density at radius 1 is 1.00 bits per heavy atom. The van der Waals surface area contributed by atoms with E-state index in [1.807, 2.05) is 28.0 Å². The van der Waals surface area contributed by atoms with E-state index in [4.69, 9.17) is 0 Å². The lowest BCUT2D eigenvalue weighted by Gasteiger charge is -2.43. The summed E-state index contributed by atoms with van der Waals surface area (Å²) in [6.07, 6.45) is 6.73. The molecule has 3 fully saturated rings. The smallest absolute Gasteiger partial charge is 0.255 e. The lowest BCUT2D eigenvalue weighted by Crippen LogP contribution is -2.62. The van der Waals surface area contributed by atoms with Crippen molar-refractivity contribution in [1.29, 1.82) is 0 Å². The van der Waals surface area contributed by atoms with Gasteiger partial charge >= 0.3 is 0 Å². The Morgan fingerprint density at radius 2 is 1.76 bits per heavy atom. The van der Waals surface area contributed by atoms with Gasteiger partial charge in [0.25, 0.3) is 5.91 Å². The SMILES string of the molecule is O=C1CN(C[C@@]2(O)CCCN(CCc3ccccc3)C2=O)CCN1C1CCCC1. The number of piperidine rings is 1. The van der Waals surface area contributed by atoms with Gasteiger partial charge < -0.3 is 14.9 Å². The molecule has 1 aromatic carbocycles. The Morgan fingerprint density at radius 3 is 2.48 bits per heavy atom. The molecular weight excluding hydrogens is 366 g/mol. The standard InChI is InChI=1S/C23H33N3O3/c27-21-17-24(15-16-26(21)20-9-4-5-10-20)18-23(29)12-6-13-25(22(23)28)14-11-19-7-2-1-3-8-19/h1-3,7-8,20,29H,4-6,9-18H2/t23-/m0/s1. The molecule has 2 amide bonds. The summed E-state index contributed by atoms with van der Waals surface area (Å²) >= 11 is 0. The largest absolute Gasteiger partial charge is 0.379 e. The summed E-state index contributed by atoms with van der Waals surface area (Å²) < 4.78 is 0. The van der Waals surface area contributed by atoms with Crippen LogP contribution >= 0.6 is 0 Å². The second-order valence-corrected chi connectivity index (χ2v) is 8.90. The molecule has 1 aromatic rings. The van der Waals surface area contributed by atoms with Crippen LogP contribution < -0.4 is 0 Å². The van der Waals surface area contributed by atoms with Crippen molar-refractivity contribution in [1.82, 2.24) is 14.7 Å². The predicted octanol–water partition coefficient (Wildman–Crippen LogP) is 1.67. The number of hydrogen-bond acceptors (Lipinski definition) is 4. The van der Waals surface area contributed by atoms with Crippen molar-refractivity contribution in [2.75, 3.05) is 39.3 Å². The van der Waals surface area contributed by atoms with Crippen molar-refractivity contribution in [2.24, 2.45) is 0 Å². The normalized spacial score (nSPS) is 27.1. The molecule has 4 rings (SSSR count). The van der Waals surface area contributed by atoms with Crippen LogP contribution in [0.5, 0.6) is 0 Å². The molecule has 0 unspecified atom stereocenters. The molecule has 1 atom stereocenters. The quantitative estimate of drug-likeness (QED) is 0.790. The highest BCUT2D eigenvalue weighted by Crippen LogP contribution is 2.27. The monoisotopic (exact) mass is 399 g/mol. The molecule has 0 spiro atoms. The summed E-state index contributed by atoms with van der Waals surface area (Å²) in [4.78, 5) is 31.5. The Kier molecular flexibility index (Phi) is 6.20. The first kappa shape index (κ1) is 20.4. The molecule has 2 aliphatic heterocycles. The van der Waals surface area contributed by atoms with Gasteiger partial charge in [-0.25, -0.2) is 0 Å². The first-order valence-electron chi connectivity index (χ1n) is 11.1. The zero-order chi connectivity index (χ0) is 20.3. The van der Waals surface area contributed by atoms with Gasteiger partial charge in [-0.05, 0) is 37.7 Å². The minimum absolute atomic E-state index is 0.149. The zero-order valence-electron chi connectivity index (χ0n) is 17.3. The van der Waals surface area contributed by atoms with Crippen LogP contribution in [-0.2, 0) is 16.0 Å². The minimum Gasteiger partial charge on any atom is -0.379 e. The lowest BCUT2D eigenvalue weighted by molar-refractivity contribution is -0.161. The fraction of sp³-hybridized carbons (Fsp3) is 0.652. The molecule has 158 valence electrons. The Bertz CT molecular complexity index is 719. The number of piperazine rings is 1. The number of rotatable bonds is 6. The first-order chi connectivity index (χ1) is 14.0. The fourth-order valence-electron chi connectivity index (χ4n) is 5.18. The van der Waals surface area contributed by atoms with E-state index in [1.165, 1.54) is 18.4 Å². The van der Waals surface area contributed by atoms with Gasteiger partial charge in [-0.1, -0.05) is 43.2 Å². The Labute approximate surface area is 173 Å². The third-order valence-corrected chi connectivity index (χ3v) is 6.80. The number of hydrogen-bond donors (Lipinski definition) is 1. The van der Waals surface area contributed by atoms with Crippen LogP contribution in [0.1, 0.15) is 44.1 Å². The van der Waals surface area contributed by atoms with Crippen LogP contribution in [0.2, 0.25) is 0 Å². The van der Waals surface area contributed by atoms with Gasteiger partial charge in [0.1, 0.15) is 0 Å². The third-order valence-electron chi connectivity index (χ3n) is 6.80. The molecule has 2 saturated heterocycles. The van der Waals surface area contributed by atoms with Crippen LogP contribution in [0.15, 0.2) is 30.3 Å². The molecule has 6 heteroatoms. The van der Waals surface area contributed by atoms with Gasteiger partial charge in [-0.15, -0.1) is 0 Å². The van der Waals surface area contributed by atoms with E-state index < -0.39 is 5.60 Å². The van der Waals surface area contributed by atoms with Crippen LogP contribution in [-0.4, -0.2) is 82.5 Å². The van der Waals surface area contributed by atoms with Crippen LogP contribution in [0.3, 0.4) is 0 Å². The summed E-state index contributed by atoms with van der Waals surface area (Å²) in [6, 6.07) is 10.5. The number of nitrogens with zero attached hydrogens (tertiary/aromatic N) is 3. The van der Waals surface area contributed by atoms with E-state index in [1.54, 1.807) is 4.90 Å². The summed E-state index contributed by atoms with van der Waals surface area (Å²) in [7, 11) is 0. The van der Waals surface area contributed by atoms with Gasteiger partial charge in [-0.2, -0.15) is 0 Å². The summed E-state index contributed by atoms with van der Waals surface area (Å²) in [5, 5.41) is 11.2. The molecule has 0 radical (unpaired) electrons. The number of likely N-dealkylation sites (tertiary alicyclic amines) is 1. The highest BCUT2D eigenvalue weighted by atomic mass is 16.3. The summed E-state index contributed by atoms with van der Waals surface area (Å²) in [5.41, 5.74) is -0.173. The fourth-order valence-corrected chi connectivity index (χ4v) is 5.18. The molecule has 1 aliphatic carbocycles. The molecule has 1 saturated carbocycles. The second-order valence-electron chi connectivity index (χ2n) is 8.90. The number of amides is 2. The average molecular weight is 400 g/mol. The molecule has 3 aliphatic rings. The molecule has 2 heterocycles. The molecule has 1 N–H and O–H groups in total. The molecule has 6 nitrogen and oxygen atoms in total. The van der Waals surface area contributed by atoms with Crippen molar-refractivity contribution >= 4 is 11.8 Å². The molecule has 0 aromatic heterocycles. The lowest BCUT2D eigenvalue weighted by atomic mass is 9.90. The van der Waals surface area contributed by atoms with E-state index in [0.29, 0.717) is 38.6 Å². The van der Waals surface area contributed by atoms with Gasteiger partial charge in [0.15, 0.2) is 5.60 Å². The van der Waals surface area contributed by atoms with E-state index >= 15 is 0 Å². The van der Waals surface area contributed by atoms with E-state index in [2.05, 4.69) is 12.1 Å². The van der Waals surface area contributed by atoms with E-state index in [9.17, 15) is 14.7 Å². The number of β-amino-alcohol motifs (C(OH)–C–C–N with tert-alkyl or cyclic N) is 1. The van der Waals surface area contributed by atoms with Crippen molar-refractivity contribution in [3.63, 3.8) is 0 Å². The predicted molar refractivity (Wildman–Crippen MR) is 111 cm³/mol. The number of aliphatic hydroxyl groups is 1. The highest BCUT2D eigenvalue weighted by Gasteiger charge is 2.44. The topological polar surface area (TPSA) is 64.1 Å². The van der Waals surface area contributed by atoms with Gasteiger partial charge in [-0.3, -0.25) is 14.5 Å². The van der Waals surface area contributed by atoms with Gasteiger partial charge in [0.2, 0.25) is 5.91 Å². The Balaban J connectivity index is 1.32. The maximum Gasteiger partial charge on any atom is 0.255 e. The van der Waals surface area contributed by atoms with Crippen LogP contribution in [0.25, 0.3) is 0 Å². The number of carbonyl (C=O) groups excluding carboxylic acids is 2. The van der Waals surface area contributed by atoms with Crippen LogP contribution in [0.4, 0.5) is 0 Å². The maximum atomic E-state index is 13.1. The van der Waals surface area contributed by atoms with Gasteiger partial charge in [0.05, 0.1) is 6.54 Å². The van der Waals surface area contributed by atoms with Crippen molar-refractivity contribution in [3.05, 3.63) is 35.9 Å². The number of carbonyl (C=O) groups is 2. The first-order valence-corrected chi connectivity index (χ1v) is 11.1. The zero-order valence-corrected chi connectivity index (χ0v) is 17.3. The van der Waals surface area contributed by atoms with Crippen molar-refractivity contribution < 1.29 is 14.7 Å². The third kappa shape index (κ3) is 4.64. The molecular formula is C23H33N3O3. The average Bonchev–Trinajstić information content (AvgIpc) is 3.25. The Hall–Kier alpha value is -1.92. The summed E-state index contributed by atoms with van der Waals surface area (Å²) in [6.45, 7) is 3.35. The van der Waals surface area contributed by atoms with E-state index in [0.717, 1.165) is 32.2 Å². The summed E-state index contributed by atoms with van der Waals surface area (Å²) in [5.74, 6) is -0.0266.